The highest BCUT2D eigenvalue weighted by molar-refractivity contribution is 5.80. The molecule has 3 aromatic heterocycles. The highest BCUT2D eigenvalue weighted by Crippen LogP contribution is 2.30. The summed E-state index contributed by atoms with van der Waals surface area (Å²) in [4.78, 5) is 14.4. The van der Waals surface area contributed by atoms with E-state index in [1.54, 1.807) is 10.7 Å². The summed E-state index contributed by atoms with van der Waals surface area (Å²) in [6, 6.07) is 4.18. The Labute approximate surface area is 152 Å². The van der Waals surface area contributed by atoms with Crippen molar-refractivity contribution in [1.29, 1.82) is 0 Å². The number of nitrogens with zero attached hydrogens (tertiary/aromatic N) is 5. The van der Waals surface area contributed by atoms with Crippen LogP contribution in [0.25, 0.3) is 11.2 Å². The fourth-order valence-corrected chi connectivity index (χ4v) is 3.71. The predicted molar refractivity (Wildman–Crippen MR) is 99.4 cm³/mol. The van der Waals surface area contributed by atoms with Gasteiger partial charge in [0.05, 0.1) is 17.6 Å². The molecule has 1 fully saturated rings. The molecule has 1 aliphatic heterocycles. The Hall–Kier alpha value is -2.60. The van der Waals surface area contributed by atoms with Crippen molar-refractivity contribution in [3.8, 4) is 0 Å². The minimum atomic E-state index is 0.247. The van der Waals surface area contributed by atoms with Crippen molar-refractivity contribution in [3.05, 3.63) is 59.6 Å². The molecule has 4 heterocycles. The maximum Gasteiger partial charge on any atom is 0.155 e. The van der Waals surface area contributed by atoms with Gasteiger partial charge in [-0.1, -0.05) is 25.3 Å². The molecule has 2 aliphatic rings. The standard InChI is InChI=1S/C20H22N6/c1-13-9-15(17-6-8-26-20(25-17)5-7-23-26)16-11-22-19(10-14-3-2-4-14)24-18(16)12-21-13/h5-9,11,13-14,21H,2-4,10,12H2,1H3/t13-/m1/s1. The lowest BCUT2D eigenvalue weighted by Gasteiger charge is -2.24. The first-order valence-electron chi connectivity index (χ1n) is 9.37. The quantitative estimate of drug-likeness (QED) is 0.790. The highest BCUT2D eigenvalue weighted by Gasteiger charge is 2.22. The van der Waals surface area contributed by atoms with E-state index < -0.39 is 0 Å². The van der Waals surface area contributed by atoms with Gasteiger partial charge in [0.25, 0.3) is 0 Å². The molecule has 1 saturated carbocycles. The van der Waals surface area contributed by atoms with Gasteiger partial charge in [0, 0.05) is 48.6 Å². The number of aromatic nitrogens is 5. The first kappa shape index (κ1) is 15.6. The lowest BCUT2D eigenvalue weighted by atomic mass is 9.83. The maximum absolute atomic E-state index is 4.90. The molecule has 132 valence electrons. The normalized spacial score (nSPS) is 20.3. The van der Waals surface area contributed by atoms with E-state index in [-0.39, 0.29) is 6.04 Å². The Balaban J connectivity index is 1.56. The second kappa shape index (κ2) is 6.29. The average molecular weight is 346 g/mol. The monoisotopic (exact) mass is 346 g/mol. The van der Waals surface area contributed by atoms with E-state index in [0.717, 1.165) is 52.9 Å². The van der Waals surface area contributed by atoms with Crippen molar-refractivity contribution in [2.45, 2.75) is 45.2 Å². The summed E-state index contributed by atoms with van der Waals surface area (Å²) in [5.41, 5.74) is 5.02. The second-order valence-electron chi connectivity index (χ2n) is 7.34. The smallest absolute Gasteiger partial charge is 0.155 e. The van der Waals surface area contributed by atoms with Gasteiger partial charge in [-0.25, -0.2) is 19.5 Å². The number of hydrogen-bond acceptors (Lipinski definition) is 5. The van der Waals surface area contributed by atoms with Crippen LogP contribution >= 0.6 is 0 Å². The van der Waals surface area contributed by atoms with E-state index in [4.69, 9.17) is 9.97 Å². The molecular weight excluding hydrogens is 324 g/mol. The van der Waals surface area contributed by atoms with E-state index in [0.29, 0.717) is 0 Å². The SMILES string of the molecule is C[C@@H]1C=C(c2ccn3nccc3n2)c2cnc(CC3CCC3)nc2CN1. The van der Waals surface area contributed by atoms with Crippen LogP contribution < -0.4 is 5.32 Å². The average Bonchev–Trinajstić information content (AvgIpc) is 3.02. The van der Waals surface area contributed by atoms with Crippen LogP contribution in [0.15, 0.2) is 36.8 Å². The lowest BCUT2D eigenvalue weighted by molar-refractivity contribution is 0.309. The summed E-state index contributed by atoms with van der Waals surface area (Å²) in [5.74, 6) is 1.75. The molecule has 0 spiro atoms. The summed E-state index contributed by atoms with van der Waals surface area (Å²) in [6.07, 6.45) is 12.9. The number of nitrogens with one attached hydrogen (secondary N) is 1. The molecule has 0 radical (unpaired) electrons. The third-order valence-corrected chi connectivity index (χ3v) is 5.45. The van der Waals surface area contributed by atoms with Crippen LogP contribution in [0.1, 0.15) is 49.0 Å². The third-order valence-electron chi connectivity index (χ3n) is 5.45. The van der Waals surface area contributed by atoms with E-state index in [2.05, 4.69) is 28.4 Å². The van der Waals surface area contributed by atoms with E-state index in [9.17, 15) is 0 Å². The van der Waals surface area contributed by atoms with Gasteiger partial charge in [0.15, 0.2) is 5.65 Å². The molecule has 5 rings (SSSR count). The zero-order valence-electron chi connectivity index (χ0n) is 14.9. The number of rotatable bonds is 3. The topological polar surface area (TPSA) is 68.0 Å². The highest BCUT2D eigenvalue weighted by atomic mass is 15.2. The van der Waals surface area contributed by atoms with Crippen LogP contribution in [0, 0.1) is 5.92 Å². The van der Waals surface area contributed by atoms with Crippen LogP contribution in [-0.2, 0) is 13.0 Å². The van der Waals surface area contributed by atoms with Gasteiger partial charge in [-0.15, -0.1) is 0 Å². The van der Waals surface area contributed by atoms with Crippen molar-refractivity contribution in [2.24, 2.45) is 5.92 Å². The van der Waals surface area contributed by atoms with Gasteiger partial charge >= 0.3 is 0 Å². The first-order valence-corrected chi connectivity index (χ1v) is 9.37. The molecule has 0 bridgehead atoms. The molecule has 0 saturated heterocycles. The zero-order chi connectivity index (χ0) is 17.5. The van der Waals surface area contributed by atoms with Crippen molar-refractivity contribution >= 4 is 11.2 Å². The first-order chi connectivity index (χ1) is 12.8. The van der Waals surface area contributed by atoms with Gasteiger partial charge in [-0.05, 0) is 18.9 Å². The summed E-state index contributed by atoms with van der Waals surface area (Å²) < 4.78 is 1.78. The minimum Gasteiger partial charge on any atom is -0.305 e. The van der Waals surface area contributed by atoms with Gasteiger partial charge in [-0.3, -0.25) is 0 Å². The van der Waals surface area contributed by atoms with Crippen LogP contribution in [-0.4, -0.2) is 30.6 Å². The van der Waals surface area contributed by atoms with Gasteiger partial charge in [0.2, 0.25) is 0 Å². The molecule has 1 aliphatic carbocycles. The molecule has 1 atom stereocenters. The van der Waals surface area contributed by atoms with Gasteiger partial charge < -0.3 is 5.32 Å². The predicted octanol–water partition coefficient (Wildman–Crippen LogP) is 2.79. The molecule has 6 nitrogen and oxygen atoms in total. The summed E-state index contributed by atoms with van der Waals surface area (Å²) in [6.45, 7) is 2.91. The Bertz CT molecular complexity index is 985. The van der Waals surface area contributed by atoms with Gasteiger partial charge in [-0.2, -0.15) is 5.10 Å². The molecule has 0 unspecified atom stereocenters. The molecule has 1 N–H and O–H groups in total. The number of hydrogen-bond donors (Lipinski definition) is 1. The van der Waals surface area contributed by atoms with Crippen molar-refractivity contribution < 1.29 is 0 Å². The summed E-state index contributed by atoms with van der Waals surface area (Å²) in [5, 5.41) is 7.76. The van der Waals surface area contributed by atoms with Gasteiger partial charge in [0.1, 0.15) is 5.82 Å². The van der Waals surface area contributed by atoms with Crippen LogP contribution in [0.5, 0.6) is 0 Å². The Morgan fingerprint density at radius 1 is 1.23 bits per heavy atom. The second-order valence-corrected chi connectivity index (χ2v) is 7.34. The van der Waals surface area contributed by atoms with E-state index >= 15 is 0 Å². The summed E-state index contributed by atoms with van der Waals surface area (Å²) in [7, 11) is 0. The maximum atomic E-state index is 4.90. The molecular formula is C20H22N6. The molecule has 26 heavy (non-hydrogen) atoms. The van der Waals surface area contributed by atoms with Crippen LogP contribution in [0.2, 0.25) is 0 Å². The minimum absolute atomic E-state index is 0.247. The molecule has 6 heteroatoms. The fourth-order valence-electron chi connectivity index (χ4n) is 3.71. The lowest BCUT2D eigenvalue weighted by Crippen LogP contribution is -2.23. The molecule has 0 aromatic carbocycles. The molecule has 3 aromatic rings. The number of fused-ring (bicyclic) bond motifs is 2. The van der Waals surface area contributed by atoms with E-state index in [1.165, 1.54) is 19.3 Å². The molecule has 0 amide bonds. The Kier molecular flexibility index (Phi) is 3.78. The van der Waals surface area contributed by atoms with Crippen molar-refractivity contribution in [2.75, 3.05) is 0 Å². The van der Waals surface area contributed by atoms with Crippen LogP contribution in [0.3, 0.4) is 0 Å². The largest absolute Gasteiger partial charge is 0.305 e. The fraction of sp³-hybridized carbons (Fsp3) is 0.400. The van der Waals surface area contributed by atoms with Crippen LogP contribution in [0.4, 0.5) is 0 Å². The zero-order valence-corrected chi connectivity index (χ0v) is 14.9. The summed E-state index contributed by atoms with van der Waals surface area (Å²) >= 11 is 0. The Morgan fingerprint density at radius 2 is 2.15 bits per heavy atom. The van der Waals surface area contributed by atoms with Crippen molar-refractivity contribution in [1.82, 2.24) is 29.9 Å². The Morgan fingerprint density at radius 3 is 3.00 bits per heavy atom. The third kappa shape index (κ3) is 2.80. The van der Waals surface area contributed by atoms with E-state index in [1.807, 2.05) is 24.5 Å². The van der Waals surface area contributed by atoms with Crippen molar-refractivity contribution in [3.63, 3.8) is 0 Å².